The number of hydrogen-bond acceptors (Lipinski definition) is 2. The van der Waals surface area contributed by atoms with Crippen LogP contribution in [0.4, 0.5) is 0 Å². The lowest BCUT2D eigenvalue weighted by Crippen LogP contribution is -1.92. The van der Waals surface area contributed by atoms with E-state index in [4.69, 9.17) is 0 Å². The Labute approximate surface area is 234 Å². The highest BCUT2D eigenvalue weighted by atomic mass is 14.6. The average Bonchev–Trinajstić information content (AvgIpc) is 3.00. The van der Waals surface area contributed by atoms with E-state index in [-0.39, 0.29) is 0 Å². The molecule has 2 aromatic heterocycles. The molecular weight excluding hydrogens is 484 g/mol. The third-order valence-corrected chi connectivity index (χ3v) is 7.82. The molecule has 0 radical (unpaired) electrons. The number of aryl methyl sites for hydroxylation is 2. The van der Waals surface area contributed by atoms with Gasteiger partial charge >= 0.3 is 0 Å². The second kappa shape index (κ2) is 9.91. The van der Waals surface area contributed by atoms with Crippen LogP contribution in [0.1, 0.15) is 11.1 Å². The molecule has 40 heavy (non-hydrogen) atoms. The van der Waals surface area contributed by atoms with Gasteiger partial charge in [-0.05, 0) is 104 Å². The molecule has 0 spiro atoms. The van der Waals surface area contributed by atoms with Gasteiger partial charge in [0.2, 0.25) is 0 Å². The first-order chi connectivity index (χ1) is 19.7. The molecule has 2 heterocycles. The van der Waals surface area contributed by atoms with Crippen molar-refractivity contribution in [2.24, 2.45) is 0 Å². The van der Waals surface area contributed by atoms with Crippen molar-refractivity contribution in [3.05, 3.63) is 145 Å². The molecule has 2 nitrogen and oxygen atoms in total. The highest BCUT2D eigenvalue weighted by Gasteiger charge is 2.17. The molecule has 0 aliphatic rings. The molecule has 0 amide bonds. The molecule has 0 aliphatic carbocycles. The first-order valence-corrected chi connectivity index (χ1v) is 13.6. The lowest BCUT2D eigenvalue weighted by molar-refractivity contribution is 1.27. The van der Waals surface area contributed by atoms with Gasteiger partial charge in [-0.2, -0.15) is 0 Å². The lowest BCUT2D eigenvalue weighted by Gasteiger charge is -2.19. The fourth-order valence-corrected chi connectivity index (χ4v) is 5.97. The van der Waals surface area contributed by atoms with Crippen LogP contribution in [-0.2, 0) is 0 Å². The zero-order valence-electron chi connectivity index (χ0n) is 22.6. The number of fused-ring (bicyclic) bond motifs is 2. The quantitative estimate of drug-likeness (QED) is 0.219. The summed E-state index contributed by atoms with van der Waals surface area (Å²) >= 11 is 0. The number of hydrogen-bond donors (Lipinski definition) is 0. The van der Waals surface area contributed by atoms with Crippen LogP contribution in [0.15, 0.2) is 134 Å². The summed E-state index contributed by atoms with van der Waals surface area (Å²) < 4.78 is 0. The Kier molecular flexibility index (Phi) is 5.94. The van der Waals surface area contributed by atoms with Crippen LogP contribution in [0.25, 0.3) is 66.1 Å². The standard InChI is InChI=1S/C38H28N2/c1-25-21-31(24-40-23-25)27-11-13-29(14-12-27)37-33-7-3-5-9-35(33)38(36-10-6-4-8-34(36)37)30-15-16-32(26(2)22-30)28-17-19-39-20-18-28/h3-24H,1-2H3. The molecule has 0 bridgehead atoms. The van der Waals surface area contributed by atoms with Gasteiger partial charge in [-0.25, -0.2) is 0 Å². The van der Waals surface area contributed by atoms with Crippen molar-refractivity contribution < 1.29 is 0 Å². The van der Waals surface area contributed by atoms with Crippen molar-refractivity contribution in [2.45, 2.75) is 13.8 Å². The molecule has 7 rings (SSSR count). The molecule has 0 unspecified atom stereocenters. The van der Waals surface area contributed by atoms with E-state index in [1.165, 1.54) is 66.1 Å². The lowest BCUT2D eigenvalue weighted by atomic mass is 9.85. The van der Waals surface area contributed by atoms with E-state index in [1.807, 2.05) is 24.8 Å². The second-order valence-electron chi connectivity index (χ2n) is 10.4. The van der Waals surface area contributed by atoms with E-state index < -0.39 is 0 Å². The maximum absolute atomic E-state index is 4.39. The summed E-state index contributed by atoms with van der Waals surface area (Å²) in [5.74, 6) is 0. The van der Waals surface area contributed by atoms with Crippen LogP contribution in [0.3, 0.4) is 0 Å². The molecule has 0 aliphatic heterocycles. The first-order valence-electron chi connectivity index (χ1n) is 13.6. The Morgan fingerprint density at radius 2 is 0.975 bits per heavy atom. The predicted molar refractivity (Wildman–Crippen MR) is 168 cm³/mol. The monoisotopic (exact) mass is 512 g/mol. The van der Waals surface area contributed by atoms with Crippen LogP contribution in [0.5, 0.6) is 0 Å². The minimum Gasteiger partial charge on any atom is -0.265 e. The summed E-state index contributed by atoms with van der Waals surface area (Å²) in [7, 11) is 0. The van der Waals surface area contributed by atoms with Crippen LogP contribution >= 0.6 is 0 Å². The van der Waals surface area contributed by atoms with Gasteiger partial charge in [-0.1, -0.05) is 91.0 Å². The summed E-state index contributed by atoms with van der Waals surface area (Å²) in [6.07, 6.45) is 7.54. The zero-order valence-corrected chi connectivity index (χ0v) is 22.6. The number of benzene rings is 5. The smallest absolute Gasteiger partial charge is 0.0346 e. The fourth-order valence-electron chi connectivity index (χ4n) is 5.97. The third-order valence-electron chi connectivity index (χ3n) is 7.82. The van der Waals surface area contributed by atoms with Crippen molar-refractivity contribution in [1.29, 1.82) is 0 Å². The van der Waals surface area contributed by atoms with Gasteiger partial charge in [0.25, 0.3) is 0 Å². The number of pyridine rings is 2. The molecule has 0 saturated carbocycles. The highest BCUT2D eigenvalue weighted by molar-refractivity contribution is 6.21. The van der Waals surface area contributed by atoms with Gasteiger partial charge in [0.05, 0.1) is 0 Å². The molecule has 2 heteroatoms. The fraction of sp³-hybridized carbons (Fsp3) is 0.0526. The van der Waals surface area contributed by atoms with Gasteiger partial charge < -0.3 is 0 Å². The van der Waals surface area contributed by atoms with Crippen LogP contribution in [0.2, 0.25) is 0 Å². The molecule has 190 valence electrons. The van der Waals surface area contributed by atoms with Gasteiger partial charge in [0, 0.05) is 30.4 Å². The van der Waals surface area contributed by atoms with E-state index >= 15 is 0 Å². The summed E-state index contributed by atoms with van der Waals surface area (Å²) in [4.78, 5) is 8.58. The van der Waals surface area contributed by atoms with E-state index in [2.05, 4.69) is 133 Å². The van der Waals surface area contributed by atoms with Crippen molar-refractivity contribution in [3.63, 3.8) is 0 Å². The molecule has 0 atom stereocenters. The Bertz CT molecular complexity index is 1950. The molecule has 7 aromatic rings. The van der Waals surface area contributed by atoms with E-state index in [9.17, 15) is 0 Å². The summed E-state index contributed by atoms with van der Waals surface area (Å²) in [5, 5.41) is 5.05. The van der Waals surface area contributed by atoms with Gasteiger partial charge in [-0.15, -0.1) is 0 Å². The van der Waals surface area contributed by atoms with Crippen molar-refractivity contribution in [1.82, 2.24) is 9.97 Å². The minimum absolute atomic E-state index is 1.14. The van der Waals surface area contributed by atoms with Crippen LogP contribution in [-0.4, -0.2) is 9.97 Å². The molecular formula is C38H28N2. The second-order valence-corrected chi connectivity index (χ2v) is 10.4. The molecule has 0 fully saturated rings. The minimum atomic E-state index is 1.14. The number of aromatic nitrogens is 2. The third kappa shape index (κ3) is 4.15. The summed E-state index contributed by atoms with van der Waals surface area (Å²) in [6.45, 7) is 4.28. The first kappa shape index (κ1) is 24.0. The predicted octanol–water partition coefficient (Wildman–Crippen LogP) is 10.1. The average molecular weight is 513 g/mol. The normalized spacial score (nSPS) is 11.2. The van der Waals surface area contributed by atoms with E-state index in [0.717, 1.165) is 11.1 Å². The molecule has 0 saturated heterocycles. The van der Waals surface area contributed by atoms with Crippen molar-refractivity contribution in [3.8, 4) is 44.5 Å². The molecule has 0 N–H and O–H groups in total. The van der Waals surface area contributed by atoms with Crippen molar-refractivity contribution in [2.75, 3.05) is 0 Å². The highest BCUT2D eigenvalue weighted by Crippen LogP contribution is 2.44. The topological polar surface area (TPSA) is 25.8 Å². The van der Waals surface area contributed by atoms with Crippen LogP contribution < -0.4 is 0 Å². The maximum atomic E-state index is 4.39. The number of nitrogens with zero attached hydrogens (tertiary/aromatic N) is 2. The van der Waals surface area contributed by atoms with Crippen LogP contribution in [0, 0.1) is 13.8 Å². The Hall–Kier alpha value is -5.08. The van der Waals surface area contributed by atoms with E-state index in [0.29, 0.717) is 0 Å². The largest absolute Gasteiger partial charge is 0.265 e. The summed E-state index contributed by atoms with van der Waals surface area (Å²) in [5.41, 5.74) is 12.2. The van der Waals surface area contributed by atoms with Gasteiger partial charge in [0.15, 0.2) is 0 Å². The van der Waals surface area contributed by atoms with Gasteiger partial charge in [0.1, 0.15) is 0 Å². The maximum Gasteiger partial charge on any atom is 0.0346 e. The Balaban J connectivity index is 1.43. The Morgan fingerprint density at radius 3 is 1.55 bits per heavy atom. The van der Waals surface area contributed by atoms with Gasteiger partial charge in [-0.3, -0.25) is 9.97 Å². The SMILES string of the molecule is Cc1cncc(-c2ccc(-c3c4ccccc4c(-c4ccc(-c5ccncc5)c(C)c4)c4ccccc34)cc2)c1. The Morgan fingerprint density at radius 1 is 0.425 bits per heavy atom. The summed E-state index contributed by atoms with van der Waals surface area (Å²) in [6, 6.07) is 39.7. The molecule has 5 aromatic carbocycles. The van der Waals surface area contributed by atoms with Crippen molar-refractivity contribution >= 4 is 21.5 Å². The van der Waals surface area contributed by atoms with E-state index in [1.54, 1.807) is 0 Å². The number of rotatable bonds is 4. The zero-order chi connectivity index (χ0) is 27.1.